The molecule has 1 aromatic carbocycles. The highest BCUT2D eigenvalue weighted by atomic mass is 32.2. The van der Waals surface area contributed by atoms with E-state index in [-0.39, 0.29) is 11.4 Å². The summed E-state index contributed by atoms with van der Waals surface area (Å²) in [5.41, 5.74) is 6.80. The molecule has 0 amide bonds. The topological polar surface area (TPSA) is 83.6 Å². The first-order chi connectivity index (χ1) is 8.41. The minimum Gasteiger partial charge on any atom is -0.399 e. The molecule has 18 heavy (non-hydrogen) atoms. The van der Waals surface area contributed by atoms with Gasteiger partial charge in [-0.2, -0.15) is 4.31 Å². The van der Waals surface area contributed by atoms with Gasteiger partial charge >= 0.3 is 0 Å². The smallest absolute Gasteiger partial charge is 0.243 e. The van der Waals surface area contributed by atoms with E-state index in [0.717, 1.165) is 0 Å². The molecular formula is C12H18N2O3S. The maximum atomic E-state index is 12.4. The number of aliphatic hydroxyl groups is 1. The fourth-order valence-corrected chi connectivity index (χ4v) is 3.96. The van der Waals surface area contributed by atoms with Crippen LogP contribution in [-0.2, 0) is 10.0 Å². The maximum absolute atomic E-state index is 12.4. The predicted octanol–water partition coefficient (Wildman–Crippen LogP) is 0.723. The van der Waals surface area contributed by atoms with Crippen LogP contribution in [0.3, 0.4) is 0 Å². The number of sulfonamides is 1. The highest BCUT2D eigenvalue weighted by molar-refractivity contribution is 7.89. The van der Waals surface area contributed by atoms with Crippen LogP contribution < -0.4 is 5.73 Å². The molecule has 0 unspecified atom stereocenters. The number of nitrogens with zero attached hydrogens (tertiary/aromatic N) is 1. The molecule has 0 aromatic heterocycles. The average Bonchev–Trinajstić information content (AvgIpc) is 2.28. The van der Waals surface area contributed by atoms with E-state index in [4.69, 9.17) is 5.73 Å². The van der Waals surface area contributed by atoms with Gasteiger partial charge in [0.15, 0.2) is 0 Å². The molecule has 3 N–H and O–H groups in total. The van der Waals surface area contributed by atoms with E-state index < -0.39 is 16.1 Å². The molecule has 6 heteroatoms. The van der Waals surface area contributed by atoms with Crippen molar-refractivity contribution in [3.05, 3.63) is 23.8 Å². The molecule has 5 nitrogen and oxygen atoms in total. The fourth-order valence-electron chi connectivity index (χ4n) is 2.24. The molecular weight excluding hydrogens is 252 g/mol. The van der Waals surface area contributed by atoms with E-state index in [1.165, 1.54) is 10.4 Å². The standard InChI is InChI=1S/C12H18N2O3S/c1-9-7-10(13)4-5-12(9)18(16,17)14-6-2-3-11(15)8-14/h4-5,7,11,15H,2-3,6,8,13H2,1H3/t11-/m0/s1. The van der Waals surface area contributed by atoms with Gasteiger partial charge in [0.05, 0.1) is 11.0 Å². The first-order valence-electron chi connectivity index (χ1n) is 5.95. The van der Waals surface area contributed by atoms with E-state index in [2.05, 4.69) is 0 Å². The number of nitrogens with two attached hydrogens (primary N) is 1. The summed E-state index contributed by atoms with van der Waals surface area (Å²) in [5, 5.41) is 9.58. The second-order valence-corrected chi connectivity index (χ2v) is 6.59. The van der Waals surface area contributed by atoms with Crippen molar-refractivity contribution < 1.29 is 13.5 Å². The quantitative estimate of drug-likeness (QED) is 0.776. The molecule has 0 saturated carbocycles. The Kier molecular flexibility index (Phi) is 3.61. The molecule has 0 aliphatic carbocycles. The lowest BCUT2D eigenvalue weighted by Gasteiger charge is -2.29. The van der Waals surface area contributed by atoms with Gasteiger partial charge in [0.1, 0.15) is 0 Å². The van der Waals surface area contributed by atoms with E-state index in [0.29, 0.717) is 30.6 Å². The molecule has 1 heterocycles. The van der Waals surface area contributed by atoms with Crippen molar-refractivity contribution >= 4 is 15.7 Å². The molecule has 2 rings (SSSR count). The first kappa shape index (κ1) is 13.3. The Bertz CT molecular complexity index is 542. The second-order valence-electron chi connectivity index (χ2n) is 4.68. The summed E-state index contributed by atoms with van der Waals surface area (Å²) in [6, 6.07) is 4.76. The minimum absolute atomic E-state index is 0.173. The molecule has 1 aliphatic heterocycles. The molecule has 1 aliphatic rings. The summed E-state index contributed by atoms with van der Waals surface area (Å²) in [4.78, 5) is 0.269. The maximum Gasteiger partial charge on any atom is 0.243 e. The summed E-state index contributed by atoms with van der Waals surface area (Å²) in [6.45, 7) is 2.36. The van der Waals surface area contributed by atoms with Crippen molar-refractivity contribution in [2.24, 2.45) is 0 Å². The van der Waals surface area contributed by atoms with Crippen LogP contribution in [0.5, 0.6) is 0 Å². The van der Waals surface area contributed by atoms with Crippen LogP contribution in [0.2, 0.25) is 0 Å². The number of benzene rings is 1. The minimum atomic E-state index is -3.52. The molecule has 1 fully saturated rings. The molecule has 1 aromatic rings. The molecule has 100 valence electrons. The second kappa shape index (κ2) is 4.87. The van der Waals surface area contributed by atoms with Crippen molar-refractivity contribution in [1.82, 2.24) is 4.31 Å². The molecule has 0 radical (unpaired) electrons. The van der Waals surface area contributed by atoms with Crippen LogP contribution in [0.15, 0.2) is 23.1 Å². The number of aryl methyl sites for hydroxylation is 1. The number of β-amino-alcohol motifs (C(OH)–C–C–N with tert-alkyl or cyclic N) is 1. The summed E-state index contributed by atoms with van der Waals surface area (Å²) in [7, 11) is -3.52. The van der Waals surface area contributed by atoms with E-state index in [9.17, 15) is 13.5 Å². The van der Waals surface area contributed by atoms with Gasteiger partial charge < -0.3 is 10.8 Å². The summed E-state index contributed by atoms with van der Waals surface area (Å²) in [6.07, 6.45) is 0.781. The molecule has 1 atom stereocenters. The number of hydrogen-bond donors (Lipinski definition) is 2. The Morgan fingerprint density at radius 2 is 2.17 bits per heavy atom. The van der Waals surface area contributed by atoms with Gasteiger partial charge in [0, 0.05) is 18.8 Å². The van der Waals surface area contributed by atoms with Crippen molar-refractivity contribution in [1.29, 1.82) is 0 Å². The van der Waals surface area contributed by atoms with Crippen LogP contribution in [0.1, 0.15) is 18.4 Å². The summed E-state index contributed by atoms with van der Waals surface area (Å²) >= 11 is 0. The Morgan fingerprint density at radius 3 is 2.78 bits per heavy atom. The monoisotopic (exact) mass is 270 g/mol. The molecule has 0 bridgehead atoms. The van der Waals surface area contributed by atoms with Gasteiger partial charge in [-0.1, -0.05) is 0 Å². The van der Waals surface area contributed by atoms with Crippen LogP contribution in [0.25, 0.3) is 0 Å². The third-order valence-electron chi connectivity index (χ3n) is 3.18. The Labute approximate surface area is 107 Å². The van der Waals surface area contributed by atoms with Gasteiger partial charge in [-0.3, -0.25) is 0 Å². The Morgan fingerprint density at radius 1 is 1.44 bits per heavy atom. The molecule has 0 spiro atoms. The zero-order valence-corrected chi connectivity index (χ0v) is 11.2. The van der Waals surface area contributed by atoms with Crippen molar-refractivity contribution in [3.8, 4) is 0 Å². The fraction of sp³-hybridized carbons (Fsp3) is 0.500. The third kappa shape index (κ3) is 2.50. The third-order valence-corrected chi connectivity index (χ3v) is 5.20. The van der Waals surface area contributed by atoms with Crippen molar-refractivity contribution in [2.75, 3.05) is 18.8 Å². The van der Waals surface area contributed by atoms with E-state index >= 15 is 0 Å². The van der Waals surface area contributed by atoms with Crippen molar-refractivity contribution in [2.45, 2.75) is 30.8 Å². The highest BCUT2D eigenvalue weighted by Gasteiger charge is 2.30. The van der Waals surface area contributed by atoms with Crippen LogP contribution in [0, 0.1) is 6.92 Å². The number of anilines is 1. The zero-order chi connectivity index (χ0) is 13.3. The number of nitrogen functional groups attached to an aromatic ring is 1. The van der Waals surface area contributed by atoms with Crippen LogP contribution >= 0.6 is 0 Å². The average molecular weight is 270 g/mol. The van der Waals surface area contributed by atoms with Gasteiger partial charge in [-0.05, 0) is 43.5 Å². The van der Waals surface area contributed by atoms with Gasteiger partial charge in [0.25, 0.3) is 0 Å². The Balaban J connectivity index is 2.35. The zero-order valence-electron chi connectivity index (χ0n) is 10.3. The summed E-state index contributed by atoms with van der Waals surface area (Å²) in [5.74, 6) is 0. The van der Waals surface area contributed by atoms with E-state index in [1.807, 2.05) is 0 Å². The first-order valence-corrected chi connectivity index (χ1v) is 7.39. The number of hydrogen-bond acceptors (Lipinski definition) is 4. The normalized spacial score (nSPS) is 22.0. The summed E-state index contributed by atoms with van der Waals surface area (Å²) < 4.78 is 26.2. The van der Waals surface area contributed by atoms with Crippen LogP contribution in [-0.4, -0.2) is 37.0 Å². The van der Waals surface area contributed by atoms with Gasteiger partial charge in [0.2, 0.25) is 10.0 Å². The van der Waals surface area contributed by atoms with Gasteiger partial charge in [-0.15, -0.1) is 0 Å². The highest BCUT2D eigenvalue weighted by Crippen LogP contribution is 2.24. The largest absolute Gasteiger partial charge is 0.399 e. The lowest BCUT2D eigenvalue weighted by atomic mass is 10.1. The lowest BCUT2D eigenvalue weighted by Crippen LogP contribution is -2.42. The number of aliphatic hydroxyl groups excluding tert-OH is 1. The number of piperidine rings is 1. The SMILES string of the molecule is Cc1cc(N)ccc1S(=O)(=O)N1CCC[C@H](O)C1. The lowest BCUT2D eigenvalue weighted by molar-refractivity contribution is 0.108. The molecule has 1 saturated heterocycles. The predicted molar refractivity (Wildman–Crippen MR) is 69.6 cm³/mol. The number of rotatable bonds is 2. The van der Waals surface area contributed by atoms with E-state index in [1.54, 1.807) is 19.1 Å². The van der Waals surface area contributed by atoms with Gasteiger partial charge in [-0.25, -0.2) is 8.42 Å². The van der Waals surface area contributed by atoms with Crippen molar-refractivity contribution in [3.63, 3.8) is 0 Å². The van der Waals surface area contributed by atoms with Crippen LogP contribution in [0.4, 0.5) is 5.69 Å². The Hall–Kier alpha value is -1.11.